The summed E-state index contributed by atoms with van der Waals surface area (Å²) in [5, 5.41) is 10.8. The average Bonchev–Trinajstić information content (AvgIpc) is 2.70. The summed E-state index contributed by atoms with van der Waals surface area (Å²) in [5.41, 5.74) is -0.750. The van der Waals surface area contributed by atoms with Gasteiger partial charge in [0, 0.05) is 16.7 Å². The molecule has 3 aliphatic carbocycles. The van der Waals surface area contributed by atoms with Crippen LogP contribution in [-0.2, 0) is 9.53 Å². The summed E-state index contributed by atoms with van der Waals surface area (Å²) < 4.78 is 6.14. The molecule has 1 N–H and O–H groups in total. The van der Waals surface area contributed by atoms with Crippen LogP contribution in [0.1, 0.15) is 40.0 Å². The first kappa shape index (κ1) is 11.4. The number of carbonyl (C=O) groups is 1. The second-order valence-electron chi connectivity index (χ2n) is 7.65. The van der Waals surface area contributed by atoms with Crippen LogP contribution in [0.25, 0.3) is 0 Å². The van der Waals surface area contributed by atoms with Gasteiger partial charge in [-0.3, -0.25) is 4.79 Å². The van der Waals surface area contributed by atoms with Crippen LogP contribution >= 0.6 is 0 Å². The highest BCUT2D eigenvalue weighted by Crippen LogP contribution is 2.73. The van der Waals surface area contributed by atoms with Crippen molar-refractivity contribution in [3.63, 3.8) is 0 Å². The number of Topliss-reactive ketones (excluding diaryl/α,β-unsaturated/α-hetero) is 1. The van der Waals surface area contributed by atoms with Crippen molar-refractivity contribution in [2.45, 2.75) is 51.7 Å². The largest absolute Gasteiger partial charge is 0.389 e. The Morgan fingerprint density at radius 2 is 2.11 bits per heavy atom. The van der Waals surface area contributed by atoms with Crippen molar-refractivity contribution in [3.8, 4) is 0 Å². The van der Waals surface area contributed by atoms with Crippen LogP contribution in [-0.4, -0.2) is 29.2 Å². The zero-order valence-electron chi connectivity index (χ0n) is 11.4. The van der Waals surface area contributed by atoms with Gasteiger partial charge in [0.15, 0.2) is 0 Å². The van der Waals surface area contributed by atoms with Crippen molar-refractivity contribution >= 4 is 5.78 Å². The second-order valence-corrected chi connectivity index (χ2v) is 7.65. The summed E-state index contributed by atoms with van der Waals surface area (Å²) >= 11 is 0. The van der Waals surface area contributed by atoms with E-state index in [1.807, 2.05) is 0 Å². The van der Waals surface area contributed by atoms with Crippen LogP contribution < -0.4 is 0 Å². The zero-order valence-corrected chi connectivity index (χ0v) is 11.4. The number of hydrogen-bond donors (Lipinski definition) is 1. The smallest absolute Gasteiger partial charge is 0.142 e. The predicted octanol–water partition coefficient (Wildman–Crippen LogP) is 1.78. The van der Waals surface area contributed by atoms with Crippen molar-refractivity contribution in [1.29, 1.82) is 0 Å². The number of aliphatic hydroxyl groups is 1. The molecule has 1 aliphatic heterocycles. The first-order valence-electron chi connectivity index (χ1n) is 7.23. The van der Waals surface area contributed by atoms with Gasteiger partial charge in [-0.25, -0.2) is 0 Å². The average molecular weight is 250 g/mol. The van der Waals surface area contributed by atoms with Crippen molar-refractivity contribution in [3.05, 3.63) is 0 Å². The van der Waals surface area contributed by atoms with Crippen LogP contribution in [0, 0.1) is 28.6 Å². The molecule has 1 spiro atoms. The standard InChI is InChI=1S/C15H22O3/c1-8-9-4-5-14(9,3)15-10(11(8)16)6-13(2,7-18-15)12(15)17/h8-10,12,17H,4-7H2,1-3H3/t8?,9-,10?,12?,13?,14-,15-/m0/s1. The van der Waals surface area contributed by atoms with Gasteiger partial charge < -0.3 is 9.84 Å². The fraction of sp³-hybridized carbons (Fsp3) is 0.933. The molecule has 3 heteroatoms. The van der Waals surface area contributed by atoms with Gasteiger partial charge >= 0.3 is 0 Å². The summed E-state index contributed by atoms with van der Waals surface area (Å²) in [6, 6.07) is 0. The number of rotatable bonds is 0. The molecule has 100 valence electrons. The molecule has 0 radical (unpaired) electrons. The summed E-state index contributed by atoms with van der Waals surface area (Å²) in [5.74, 6) is 0.844. The van der Waals surface area contributed by atoms with Crippen molar-refractivity contribution in [2.24, 2.45) is 28.6 Å². The van der Waals surface area contributed by atoms with Gasteiger partial charge in [0.2, 0.25) is 0 Å². The molecule has 3 nitrogen and oxygen atoms in total. The number of aliphatic hydroxyl groups excluding tert-OH is 1. The SMILES string of the molecule is CC1C(=O)C2CC3(C)CO[C@@]2(C3O)[C@@]2(C)CC[C@@H]12. The number of ketones is 1. The van der Waals surface area contributed by atoms with Gasteiger partial charge in [-0.15, -0.1) is 0 Å². The van der Waals surface area contributed by atoms with E-state index in [0.29, 0.717) is 18.3 Å². The molecule has 1 saturated heterocycles. The maximum atomic E-state index is 12.6. The van der Waals surface area contributed by atoms with Crippen LogP contribution in [0.3, 0.4) is 0 Å². The molecular weight excluding hydrogens is 228 g/mol. The molecule has 0 aromatic carbocycles. The molecule has 3 saturated carbocycles. The summed E-state index contributed by atoms with van der Waals surface area (Å²) in [7, 11) is 0. The van der Waals surface area contributed by atoms with E-state index in [1.54, 1.807) is 0 Å². The van der Waals surface area contributed by atoms with E-state index in [9.17, 15) is 9.90 Å². The van der Waals surface area contributed by atoms with E-state index in [2.05, 4.69) is 20.8 Å². The molecule has 0 aromatic rings. The van der Waals surface area contributed by atoms with E-state index >= 15 is 0 Å². The molecule has 0 aromatic heterocycles. The van der Waals surface area contributed by atoms with Crippen LogP contribution in [0.4, 0.5) is 0 Å². The predicted molar refractivity (Wildman–Crippen MR) is 65.9 cm³/mol. The van der Waals surface area contributed by atoms with Crippen LogP contribution in [0.5, 0.6) is 0 Å². The molecule has 4 fully saturated rings. The maximum absolute atomic E-state index is 12.6. The monoisotopic (exact) mass is 250 g/mol. The summed E-state index contributed by atoms with van der Waals surface area (Å²) in [6.45, 7) is 7.03. The van der Waals surface area contributed by atoms with Crippen molar-refractivity contribution < 1.29 is 14.6 Å². The minimum Gasteiger partial charge on any atom is -0.389 e. The van der Waals surface area contributed by atoms with Gasteiger partial charge in [-0.1, -0.05) is 20.8 Å². The minimum absolute atomic E-state index is 0.0126. The third-order valence-corrected chi connectivity index (χ3v) is 6.98. The number of ether oxygens (including phenoxy) is 1. The molecule has 18 heavy (non-hydrogen) atoms. The van der Waals surface area contributed by atoms with Crippen LogP contribution in [0.15, 0.2) is 0 Å². The normalized spacial score (nSPS) is 65.4. The molecule has 4 unspecified atom stereocenters. The Balaban J connectivity index is 1.90. The number of hydrogen-bond acceptors (Lipinski definition) is 3. The Hall–Kier alpha value is -0.410. The molecule has 4 aliphatic rings. The lowest BCUT2D eigenvalue weighted by atomic mass is 9.43. The zero-order chi connectivity index (χ0) is 12.9. The van der Waals surface area contributed by atoms with Gasteiger partial charge in [0.05, 0.1) is 18.6 Å². The van der Waals surface area contributed by atoms with Gasteiger partial charge in [0.25, 0.3) is 0 Å². The Kier molecular flexibility index (Phi) is 1.81. The molecular formula is C15H22O3. The highest BCUT2D eigenvalue weighted by molar-refractivity contribution is 5.87. The van der Waals surface area contributed by atoms with E-state index in [1.165, 1.54) is 0 Å². The number of carbonyl (C=O) groups excluding carboxylic acids is 1. The highest BCUT2D eigenvalue weighted by Gasteiger charge is 2.79. The first-order valence-corrected chi connectivity index (χ1v) is 7.23. The fourth-order valence-electron chi connectivity index (χ4n) is 5.77. The lowest BCUT2D eigenvalue weighted by Crippen LogP contribution is -2.70. The molecule has 7 atom stereocenters. The first-order chi connectivity index (χ1) is 8.37. The Morgan fingerprint density at radius 3 is 2.67 bits per heavy atom. The van der Waals surface area contributed by atoms with E-state index in [-0.39, 0.29) is 22.7 Å². The number of fused-ring (bicyclic) bond motifs is 2. The summed E-state index contributed by atoms with van der Waals surface area (Å²) in [4.78, 5) is 12.6. The lowest BCUT2D eigenvalue weighted by molar-refractivity contribution is -0.246. The molecule has 1 heterocycles. The second kappa shape index (κ2) is 2.85. The molecule has 2 bridgehead atoms. The Morgan fingerprint density at radius 1 is 1.39 bits per heavy atom. The minimum atomic E-state index is -0.561. The third kappa shape index (κ3) is 0.847. The third-order valence-electron chi connectivity index (χ3n) is 6.98. The molecule has 4 rings (SSSR count). The maximum Gasteiger partial charge on any atom is 0.142 e. The quantitative estimate of drug-likeness (QED) is 0.713. The molecule has 0 amide bonds. The van der Waals surface area contributed by atoms with Gasteiger partial charge in [0.1, 0.15) is 11.4 Å². The van der Waals surface area contributed by atoms with Crippen molar-refractivity contribution in [1.82, 2.24) is 0 Å². The Labute approximate surface area is 108 Å². The van der Waals surface area contributed by atoms with E-state index in [0.717, 1.165) is 19.3 Å². The van der Waals surface area contributed by atoms with Gasteiger partial charge in [-0.05, 0) is 25.2 Å². The van der Waals surface area contributed by atoms with Gasteiger partial charge in [-0.2, -0.15) is 0 Å². The lowest BCUT2D eigenvalue weighted by Gasteiger charge is -2.64. The highest BCUT2D eigenvalue weighted by atomic mass is 16.5. The van der Waals surface area contributed by atoms with Crippen molar-refractivity contribution in [2.75, 3.05) is 6.61 Å². The summed E-state index contributed by atoms with van der Waals surface area (Å²) in [6.07, 6.45) is 2.57. The van der Waals surface area contributed by atoms with E-state index in [4.69, 9.17) is 4.74 Å². The van der Waals surface area contributed by atoms with Crippen LogP contribution in [0.2, 0.25) is 0 Å². The topological polar surface area (TPSA) is 46.5 Å². The van der Waals surface area contributed by atoms with E-state index < -0.39 is 11.7 Å². The fourth-order valence-corrected chi connectivity index (χ4v) is 5.77. The Bertz CT molecular complexity index is 447.